The van der Waals surface area contributed by atoms with Crippen LogP contribution in [-0.4, -0.2) is 13.2 Å². The maximum atomic E-state index is 6.30. The highest BCUT2D eigenvalue weighted by molar-refractivity contribution is 5.28. The molecule has 0 heterocycles. The Labute approximate surface area is 118 Å². The summed E-state index contributed by atoms with van der Waals surface area (Å²) in [6.45, 7) is 4.53. The third-order valence-electron chi connectivity index (χ3n) is 3.81. The van der Waals surface area contributed by atoms with Crippen LogP contribution in [0.2, 0.25) is 0 Å². The molecule has 2 nitrogen and oxygen atoms in total. The van der Waals surface area contributed by atoms with Crippen LogP contribution in [0.3, 0.4) is 0 Å². The zero-order chi connectivity index (χ0) is 14.1. The van der Waals surface area contributed by atoms with E-state index in [1.165, 1.54) is 31.2 Å². The molecule has 0 fully saturated rings. The molecule has 0 aliphatic carbocycles. The van der Waals surface area contributed by atoms with Crippen molar-refractivity contribution < 1.29 is 4.74 Å². The molecular weight excluding hydrogens is 234 g/mol. The normalized spacial score (nSPS) is 14.1. The van der Waals surface area contributed by atoms with Crippen molar-refractivity contribution in [3.05, 3.63) is 29.8 Å². The van der Waals surface area contributed by atoms with Crippen LogP contribution in [0.4, 0.5) is 0 Å². The molecule has 1 aromatic rings. The van der Waals surface area contributed by atoms with Crippen LogP contribution in [0.25, 0.3) is 0 Å². The van der Waals surface area contributed by atoms with E-state index in [2.05, 4.69) is 26.0 Å². The fourth-order valence-electron chi connectivity index (χ4n) is 2.60. The summed E-state index contributed by atoms with van der Waals surface area (Å²) in [7, 11) is 1.71. The number of unbranched alkanes of at least 4 members (excludes halogenated alkanes) is 1. The zero-order valence-corrected chi connectivity index (χ0v) is 12.7. The number of rotatable bonds is 9. The van der Waals surface area contributed by atoms with E-state index >= 15 is 0 Å². The van der Waals surface area contributed by atoms with Crippen molar-refractivity contribution in [2.75, 3.05) is 7.11 Å². The molecule has 0 bridgehead atoms. The molecule has 19 heavy (non-hydrogen) atoms. The third-order valence-corrected chi connectivity index (χ3v) is 3.81. The summed E-state index contributed by atoms with van der Waals surface area (Å²) in [5, 5.41) is 0. The van der Waals surface area contributed by atoms with Gasteiger partial charge in [0.1, 0.15) is 5.75 Å². The molecule has 1 aromatic carbocycles. The molecule has 0 radical (unpaired) electrons. The Morgan fingerprint density at radius 3 is 2.68 bits per heavy atom. The Morgan fingerprint density at radius 2 is 2.05 bits per heavy atom. The van der Waals surface area contributed by atoms with Crippen molar-refractivity contribution in [2.45, 2.75) is 58.4 Å². The summed E-state index contributed by atoms with van der Waals surface area (Å²) in [6.07, 6.45) is 7.24. The number of ether oxygens (including phenoxy) is 1. The SMILES string of the molecule is CCCCC(CC)CC(N)Cc1cccc(OC)c1. The summed E-state index contributed by atoms with van der Waals surface area (Å²) in [5.74, 6) is 1.70. The minimum absolute atomic E-state index is 0.258. The van der Waals surface area contributed by atoms with E-state index in [-0.39, 0.29) is 6.04 Å². The Morgan fingerprint density at radius 1 is 1.26 bits per heavy atom. The average Bonchev–Trinajstić information content (AvgIpc) is 2.43. The van der Waals surface area contributed by atoms with Crippen molar-refractivity contribution in [1.82, 2.24) is 0 Å². The van der Waals surface area contributed by atoms with Crippen LogP contribution in [0.15, 0.2) is 24.3 Å². The van der Waals surface area contributed by atoms with Gasteiger partial charge in [-0.3, -0.25) is 0 Å². The first-order valence-electron chi connectivity index (χ1n) is 7.58. The van der Waals surface area contributed by atoms with Gasteiger partial charge in [0.05, 0.1) is 7.11 Å². The lowest BCUT2D eigenvalue weighted by atomic mass is 9.90. The van der Waals surface area contributed by atoms with Gasteiger partial charge in [-0.05, 0) is 36.5 Å². The molecule has 0 saturated carbocycles. The molecule has 1 rings (SSSR count). The number of methoxy groups -OCH3 is 1. The second kappa shape index (κ2) is 8.98. The second-order valence-electron chi connectivity index (χ2n) is 5.47. The molecule has 0 aliphatic heterocycles. The fourth-order valence-corrected chi connectivity index (χ4v) is 2.60. The van der Waals surface area contributed by atoms with Gasteiger partial charge in [0.25, 0.3) is 0 Å². The van der Waals surface area contributed by atoms with Gasteiger partial charge in [0.15, 0.2) is 0 Å². The highest BCUT2D eigenvalue weighted by Crippen LogP contribution is 2.20. The summed E-state index contributed by atoms with van der Waals surface area (Å²) in [6, 6.07) is 8.50. The highest BCUT2D eigenvalue weighted by Gasteiger charge is 2.12. The van der Waals surface area contributed by atoms with Gasteiger partial charge in [-0.15, -0.1) is 0 Å². The van der Waals surface area contributed by atoms with Gasteiger partial charge in [-0.2, -0.15) is 0 Å². The maximum absolute atomic E-state index is 6.30. The second-order valence-corrected chi connectivity index (χ2v) is 5.47. The molecular formula is C17H29NO. The van der Waals surface area contributed by atoms with Crippen molar-refractivity contribution in [3.63, 3.8) is 0 Å². The zero-order valence-electron chi connectivity index (χ0n) is 12.7. The number of nitrogens with two attached hydrogens (primary N) is 1. The predicted molar refractivity (Wildman–Crippen MR) is 82.6 cm³/mol. The van der Waals surface area contributed by atoms with Crippen molar-refractivity contribution >= 4 is 0 Å². The van der Waals surface area contributed by atoms with Gasteiger partial charge < -0.3 is 10.5 Å². The maximum Gasteiger partial charge on any atom is 0.119 e. The standard InChI is InChI=1S/C17H29NO/c1-4-6-8-14(5-2)11-16(18)12-15-9-7-10-17(13-15)19-3/h7,9-10,13-14,16H,4-6,8,11-12,18H2,1-3H3. The molecule has 2 heteroatoms. The average molecular weight is 263 g/mol. The molecule has 0 aromatic heterocycles. The lowest BCUT2D eigenvalue weighted by molar-refractivity contribution is 0.382. The molecule has 0 aliphatic rings. The van der Waals surface area contributed by atoms with Gasteiger partial charge in [-0.1, -0.05) is 51.7 Å². The van der Waals surface area contributed by atoms with Gasteiger partial charge in [0, 0.05) is 6.04 Å². The fraction of sp³-hybridized carbons (Fsp3) is 0.647. The number of benzene rings is 1. The molecule has 2 atom stereocenters. The molecule has 0 saturated heterocycles. The van der Waals surface area contributed by atoms with Crippen LogP contribution in [0, 0.1) is 5.92 Å². The summed E-state index contributed by atoms with van der Waals surface area (Å²) in [5.41, 5.74) is 7.58. The first-order chi connectivity index (χ1) is 9.19. The predicted octanol–water partition coefficient (Wildman–Crippen LogP) is 4.17. The van der Waals surface area contributed by atoms with Crippen LogP contribution in [-0.2, 0) is 6.42 Å². The lowest BCUT2D eigenvalue weighted by Crippen LogP contribution is -2.26. The quantitative estimate of drug-likeness (QED) is 0.725. The molecule has 2 unspecified atom stereocenters. The van der Waals surface area contributed by atoms with E-state index in [9.17, 15) is 0 Å². The Balaban J connectivity index is 2.46. The topological polar surface area (TPSA) is 35.2 Å². The van der Waals surface area contributed by atoms with E-state index in [0.717, 1.165) is 24.5 Å². The van der Waals surface area contributed by atoms with E-state index in [1.54, 1.807) is 7.11 Å². The summed E-state index contributed by atoms with van der Waals surface area (Å²) < 4.78 is 5.25. The van der Waals surface area contributed by atoms with Gasteiger partial charge in [-0.25, -0.2) is 0 Å². The van der Waals surface area contributed by atoms with Crippen molar-refractivity contribution in [2.24, 2.45) is 11.7 Å². The Hall–Kier alpha value is -1.02. The van der Waals surface area contributed by atoms with Gasteiger partial charge >= 0.3 is 0 Å². The molecule has 108 valence electrons. The van der Waals surface area contributed by atoms with Crippen molar-refractivity contribution in [3.8, 4) is 5.75 Å². The lowest BCUT2D eigenvalue weighted by Gasteiger charge is -2.19. The van der Waals surface area contributed by atoms with Crippen LogP contribution < -0.4 is 10.5 Å². The summed E-state index contributed by atoms with van der Waals surface area (Å²) in [4.78, 5) is 0. The number of hydrogen-bond acceptors (Lipinski definition) is 2. The monoisotopic (exact) mass is 263 g/mol. The number of hydrogen-bond donors (Lipinski definition) is 1. The molecule has 0 spiro atoms. The minimum Gasteiger partial charge on any atom is -0.497 e. The molecule has 0 amide bonds. The van der Waals surface area contributed by atoms with E-state index < -0.39 is 0 Å². The molecule has 2 N–H and O–H groups in total. The first-order valence-corrected chi connectivity index (χ1v) is 7.58. The first kappa shape index (κ1) is 16.0. The smallest absolute Gasteiger partial charge is 0.119 e. The van der Waals surface area contributed by atoms with E-state index in [4.69, 9.17) is 10.5 Å². The van der Waals surface area contributed by atoms with Gasteiger partial charge in [0.2, 0.25) is 0 Å². The van der Waals surface area contributed by atoms with Crippen LogP contribution in [0.1, 0.15) is 51.5 Å². The summed E-state index contributed by atoms with van der Waals surface area (Å²) >= 11 is 0. The Kier molecular flexibility index (Phi) is 7.57. The van der Waals surface area contributed by atoms with Crippen LogP contribution in [0.5, 0.6) is 5.75 Å². The highest BCUT2D eigenvalue weighted by atomic mass is 16.5. The minimum atomic E-state index is 0.258. The van der Waals surface area contributed by atoms with E-state index in [0.29, 0.717) is 0 Å². The van der Waals surface area contributed by atoms with Crippen LogP contribution >= 0.6 is 0 Å². The largest absolute Gasteiger partial charge is 0.497 e. The van der Waals surface area contributed by atoms with E-state index in [1.807, 2.05) is 12.1 Å². The third kappa shape index (κ3) is 6.11. The Bertz CT molecular complexity index is 351. The van der Waals surface area contributed by atoms with Crippen molar-refractivity contribution in [1.29, 1.82) is 0 Å².